The normalized spacial score (nSPS) is 13.0. The van der Waals surface area contributed by atoms with E-state index in [0.29, 0.717) is 32.3 Å². The molecule has 0 unspecified atom stereocenters. The minimum atomic E-state index is -1.12. The number of imidazole rings is 2. The summed E-state index contributed by atoms with van der Waals surface area (Å²) in [6, 6.07) is 19.3. The molecule has 4 heterocycles. The molecular weight excluding hydrogens is 596 g/mol. The molecule has 6 nitrogen and oxygen atoms in total. The number of benzene rings is 7. The van der Waals surface area contributed by atoms with Crippen LogP contribution >= 0.6 is 0 Å². The lowest BCUT2D eigenvalue weighted by molar-refractivity contribution is 0.515. The van der Waals surface area contributed by atoms with Crippen LogP contribution in [0.3, 0.4) is 0 Å². The van der Waals surface area contributed by atoms with Crippen molar-refractivity contribution in [3.8, 4) is 0 Å². The van der Waals surface area contributed by atoms with E-state index in [1.165, 1.54) is 20.9 Å². The van der Waals surface area contributed by atoms with Gasteiger partial charge in [0.25, 0.3) is 11.1 Å². The SMILES string of the molecule is O=c1c2ccc3c4ccc5c(=O)n6c7ccc(F)c(F)c7nc6c6ccc(c7ccc(c2c37)c2nc3c(F)c(F)ccc3n12)c4c56. The van der Waals surface area contributed by atoms with Crippen LogP contribution < -0.4 is 11.1 Å². The minimum Gasteiger partial charge on any atom is -0.268 e. The van der Waals surface area contributed by atoms with Crippen LogP contribution in [-0.4, -0.2) is 18.8 Å². The summed E-state index contributed by atoms with van der Waals surface area (Å²) in [6.45, 7) is 0. The zero-order valence-electron chi connectivity index (χ0n) is 23.0. The number of rotatable bonds is 0. The van der Waals surface area contributed by atoms with Gasteiger partial charge in [-0.05, 0) is 80.8 Å². The molecule has 4 aromatic heterocycles. The fraction of sp³-hybridized carbons (Fsp3) is 0. The quantitative estimate of drug-likeness (QED) is 0.100. The van der Waals surface area contributed by atoms with Crippen molar-refractivity contribution >= 4 is 98.0 Å². The Balaban J connectivity index is 1.36. The molecule has 0 saturated heterocycles. The Hall–Kier alpha value is -6.16. The third kappa shape index (κ3) is 2.48. The molecule has 0 aliphatic heterocycles. The Kier molecular flexibility index (Phi) is 3.97. The van der Waals surface area contributed by atoms with E-state index in [1.54, 1.807) is 12.1 Å². The van der Waals surface area contributed by atoms with Crippen LogP contribution in [0.15, 0.2) is 82.4 Å². The first-order valence-electron chi connectivity index (χ1n) is 14.4. The molecule has 0 N–H and O–H groups in total. The smallest absolute Gasteiger partial charge is 0.264 e. The van der Waals surface area contributed by atoms with Crippen molar-refractivity contribution in [3.05, 3.63) is 117 Å². The van der Waals surface area contributed by atoms with Crippen molar-refractivity contribution in [2.24, 2.45) is 0 Å². The maximum Gasteiger partial charge on any atom is 0.264 e. The summed E-state index contributed by atoms with van der Waals surface area (Å²) >= 11 is 0. The third-order valence-electron chi connectivity index (χ3n) is 9.69. The van der Waals surface area contributed by atoms with E-state index in [2.05, 4.69) is 9.97 Å². The number of fused-ring (bicyclic) bond motifs is 10. The highest BCUT2D eigenvalue weighted by Crippen LogP contribution is 2.45. The van der Waals surface area contributed by atoms with E-state index >= 15 is 0 Å². The van der Waals surface area contributed by atoms with Gasteiger partial charge in [0, 0.05) is 32.3 Å². The van der Waals surface area contributed by atoms with E-state index in [1.807, 2.05) is 36.4 Å². The van der Waals surface area contributed by atoms with Crippen molar-refractivity contribution in [2.45, 2.75) is 0 Å². The Morgan fingerprint density at radius 1 is 0.413 bits per heavy atom. The largest absolute Gasteiger partial charge is 0.268 e. The summed E-state index contributed by atoms with van der Waals surface area (Å²) in [6.07, 6.45) is 0. The lowest BCUT2D eigenvalue weighted by atomic mass is 9.86. The fourth-order valence-electron chi connectivity index (χ4n) is 7.80. The van der Waals surface area contributed by atoms with Crippen molar-refractivity contribution < 1.29 is 17.6 Å². The predicted octanol–water partition coefficient (Wildman–Crippen LogP) is 7.80. The van der Waals surface area contributed by atoms with Crippen molar-refractivity contribution in [2.75, 3.05) is 0 Å². The molecule has 0 atom stereocenters. The highest BCUT2D eigenvalue weighted by atomic mass is 19.2. The van der Waals surface area contributed by atoms with Crippen LogP contribution in [0.2, 0.25) is 0 Å². The highest BCUT2D eigenvalue weighted by molar-refractivity contribution is 6.40. The number of pyridine rings is 2. The van der Waals surface area contributed by atoms with Gasteiger partial charge in [-0.1, -0.05) is 24.3 Å². The topological polar surface area (TPSA) is 68.7 Å². The predicted molar refractivity (Wildman–Crippen MR) is 170 cm³/mol. The Morgan fingerprint density at radius 3 is 1.13 bits per heavy atom. The molecule has 0 saturated carbocycles. The van der Waals surface area contributed by atoms with E-state index in [4.69, 9.17) is 0 Å². The second-order valence-electron chi connectivity index (χ2n) is 11.8. The molecule has 0 spiro atoms. The third-order valence-corrected chi connectivity index (χ3v) is 9.69. The molecule has 0 fully saturated rings. The van der Waals surface area contributed by atoms with E-state index in [-0.39, 0.29) is 33.4 Å². The van der Waals surface area contributed by atoms with Gasteiger partial charge in [0.15, 0.2) is 23.3 Å². The summed E-state index contributed by atoms with van der Waals surface area (Å²) in [5.74, 6) is -4.33. The maximum absolute atomic E-state index is 14.8. The number of halogens is 4. The van der Waals surface area contributed by atoms with Crippen LogP contribution in [0.1, 0.15) is 0 Å². The average Bonchev–Trinajstić information content (AvgIpc) is 3.66. The summed E-state index contributed by atoms with van der Waals surface area (Å²) in [7, 11) is 0. The van der Waals surface area contributed by atoms with Gasteiger partial charge in [0.1, 0.15) is 22.3 Å². The Bertz CT molecular complexity index is 3110. The number of nitrogens with zero attached hydrogens (tertiary/aromatic N) is 4. The number of aromatic nitrogens is 4. The molecule has 10 heteroatoms. The van der Waals surface area contributed by atoms with Gasteiger partial charge in [-0.3, -0.25) is 18.4 Å². The molecule has 46 heavy (non-hydrogen) atoms. The second kappa shape index (κ2) is 7.55. The van der Waals surface area contributed by atoms with E-state index in [9.17, 15) is 27.2 Å². The lowest BCUT2D eigenvalue weighted by Crippen LogP contribution is -2.14. The van der Waals surface area contributed by atoms with Crippen molar-refractivity contribution in [3.63, 3.8) is 0 Å². The molecule has 0 amide bonds. The number of hydrogen-bond acceptors (Lipinski definition) is 4. The summed E-state index contributed by atoms with van der Waals surface area (Å²) in [4.78, 5) is 36.7. The molecule has 11 rings (SSSR count). The first kappa shape index (κ1) is 24.2. The van der Waals surface area contributed by atoms with Crippen molar-refractivity contribution in [1.29, 1.82) is 0 Å². The number of hydrogen-bond donors (Lipinski definition) is 0. The fourth-order valence-corrected chi connectivity index (χ4v) is 7.80. The van der Waals surface area contributed by atoms with Gasteiger partial charge in [0.2, 0.25) is 0 Å². The van der Waals surface area contributed by atoms with E-state index < -0.39 is 34.4 Å². The molecule has 11 aromatic rings. The Labute approximate surface area is 251 Å². The first-order chi connectivity index (χ1) is 22.3. The van der Waals surface area contributed by atoms with Crippen LogP contribution in [-0.2, 0) is 0 Å². The van der Waals surface area contributed by atoms with Gasteiger partial charge in [-0.15, -0.1) is 0 Å². The van der Waals surface area contributed by atoms with E-state index in [0.717, 1.165) is 44.5 Å². The van der Waals surface area contributed by atoms with Crippen LogP contribution in [0, 0.1) is 23.3 Å². The van der Waals surface area contributed by atoms with Gasteiger partial charge in [-0.25, -0.2) is 27.5 Å². The minimum absolute atomic E-state index is 0.181. The van der Waals surface area contributed by atoms with Crippen molar-refractivity contribution in [1.82, 2.24) is 18.8 Å². The monoisotopic (exact) mass is 608 g/mol. The van der Waals surface area contributed by atoms with Gasteiger partial charge in [0.05, 0.1) is 11.0 Å². The molecular formula is C36H12F4N4O2. The van der Waals surface area contributed by atoms with Crippen LogP contribution in [0.5, 0.6) is 0 Å². The zero-order valence-corrected chi connectivity index (χ0v) is 23.0. The average molecular weight is 609 g/mol. The summed E-state index contributed by atoms with van der Waals surface area (Å²) < 4.78 is 60.5. The van der Waals surface area contributed by atoms with Gasteiger partial charge in [-0.2, -0.15) is 0 Å². The molecule has 0 radical (unpaired) electrons. The molecule has 7 aromatic carbocycles. The standard InChI is InChI=1S/C36H12F4N4O2/c37-21-9-11-23-31(29(21)39)41-33-17-5-1-13-14-2-6-18-28-20(36(46)44-24-12-10-22(38)30(40)32(24)42-34(18)44)8-4-16(26(14)28)15-3-7-19(27(17)25(13)15)35(45)43(23)33/h1-12H. The Morgan fingerprint density at radius 2 is 0.739 bits per heavy atom. The lowest BCUT2D eigenvalue weighted by Gasteiger charge is -2.18. The summed E-state index contributed by atoms with van der Waals surface area (Å²) in [5, 5.41) is 8.21. The van der Waals surface area contributed by atoms with Gasteiger partial charge < -0.3 is 0 Å². The molecule has 0 aliphatic rings. The molecule has 0 aliphatic carbocycles. The highest BCUT2D eigenvalue weighted by Gasteiger charge is 2.25. The second-order valence-corrected chi connectivity index (χ2v) is 11.8. The van der Waals surface area contributed by atoms with Gasteiger partial charge >= 0.3 is 0 Å². The first-order valence-corrected chi connectivity index (χ1v) is 14.4. The summed E-state index contributed by atoms with van der Waals surface area (Å²) in [5.41, 5.74) is -0.420. The zero-order chi connectivity index (χ0) is 30.9. The molecule has 0 bridgehead atoms. The van der Waals surface area contributed by atoms with Crippen LogP contribution in [0.25, 0.3) is 98.0 Å². The molecule has 216 valence electrons. The maximum atomic E-state index is 14.8. The van der Waals surface area contributed by atoms with Crippen LogP contribution in [0.4, 0.5) is 17.6 Å².